The summed E-state index contributed by atoms with van der Waals surface area (Å²) in [5.41, 5.74) is 3.95. The fourth-order valence-corrected chi connectivity index (χ4v) is 3.83. The SMILES string of the molecule is CC(Nc1ncnc2nc[nH]c12)c1c(C#N)c2ccccc2n1-c1cccc(F)c1. The Labute approximate surface area is 170 Å². The van der Waals surface area contributed by atoms with E-state index in [2.05, 4.69) is 31.3 Å². The van der Waals surface area contributed by atoms with Gasteiger partial charge in [-0.25, -0.2) is 19.3 Å². The van der Waals surface area contributed by atoms with E-state index in [-0.39, 0.29) is 11.9 Å². The molecule has 0 fully saturated rings. The van der Waals surface area contributed by atoms with Crippen molar-refractivity contribution in [3.8, 4) is 11.8 Å². The number of rotatable bonds is 4. The van der Waals surface area contributed by atoms with Crippen molar-refractivity contribution in [2.45, 2.75) is 13.0 Å². The molecule has 2 aromatic carbocycles. The minimum atomic E-state index is -0.342. The van der Waals surface area contributed by atoms with Crippen LogP contribution >= 0.6 is 0 Å². The summed E-state index contributed by atoms with van der Waals surface area (Å²) < 4.78 is 16.0. The molecule has 5 aromatic rings. The van der Waals surface area contributed by atoms with Crippen LogP contribution in [-0.4, -0.2) is 24.5 Å². The lowest BCUT2D eigenvalue weighted by atomic mass is 10.1. The summed E-state index contributed by atoms with van der Waals surface area (Å²) >= 11 is 0. The molecule has 0 amide bonds. The van der Waals surface area contributed by atoms with Crippen molar-refractivity contribution in [3.05, 3.63) is 78.3 Å². The van der Waals surface area contributed by atoms with Crippen LogP contribution in [0.3, 0.4) is 0 Å². The quantitative estimate of drug-likeness (QED) is 0.466. The summed E-state index contributed by atoms with van der Waals surface area (Å²) in [5.74, 6) is 0.232. The number of halogens is 1. The van der Waals surface area contributed by atoms with Crippen molar-refractivity contribution in [2.75, 3.05) is 5.32 Å². The number of benzene rings is 2. The molecule has 2 N–H and O–H groups in total. The van der Waals surface area contributed by atoms with E-state index < -0.39 is 0 Å². The summed E-state index contributed by atoms with van der Waals surface area (Å²) in [4.78, 5) is 15.6. The first-order valence-electron chi connectivity index (χ1n) is 9.37. The zero-order valence-corrected chi connectivity index (χ0v) is 16.0. The molecule has 5 rings (SSSR count). The lowest BCUT2D eigenvalue weighted by molar-refractivity contribution is 0.626. The van der Waals surface area contributed by atoms with Gasteiger partial charge in [-0.2, -0.15) is 5.26 Å². The van der Waals surface area contributed by atoms with Crippen LogP contribution in [0, 0.1) is 17.1 Å². The number of para-hydroxylation sites is 1. The van der Waals surface area contributed by atoms with Crippen LogP contribution in [-0.2, 0) is 0 Å². The standard InChI is InChI=1S/C22H16FN7/c1-13(29-22-19-21(26-11-25-19)27-12-28-22)20-17(10-24)16-7-2-3-8-18(16)30(20)15-6-4-5-14(23)9-15/h2-9,11-13H,1H3,(H2,25,26,27,28,29). The van der Waals surface area contributed by atoms with Gasteiger partial charge in [0.15, 0.2) is 11.5 Å². The van der Waals surface area contributed by atoms with E-state index in [1.807, 2.05) is 41.8 Å². The molecule has 0 bridgehead atoms. The summed E-state index contributed by atoms with van der Waals surface area (Å²) in [6.07, 6.45) is 2.99. The van der Waals surface area contributed by atoms with E-state index >= 15 is 0 Å². The molecule has 0 aliphatic carbocycles. The molecule has 1 unspecified atom stereocenters. The van der Waals surface area contributed by atoms with E-state index in [9.17, 15) is 9.65 Å². The Hall–Kier alpha value is -4.25. The van der Waals surface area contributed by atoms with Crippen molar-refractivity contribution >= 4 is 27.9 Å². The summed E-state index contributed by atoms with van der Waals surface area (Å²) in [6.45, 7) is 1.94. The minimum absolute atomic E-state index is 0.322. The summed E-state index contributed by atoms with van der Waals surface area (Å²) in [6, 6.07) is 16.0. The molecule has 0 saturated carbocycles. The number of nitriles is 1. The molecule has 0 aliphatic rings. The van der Waals surface area contributed by atoms with Crippen molar-refractivity contribution in [2.24, 2.45) is 0 Å². The van der Waals surface area contributed by atoms with Crippen LogP contribution in [0.1, 0.15) is 24.2 Å². The van der Waals surface area contributed by atoms with Gasteiger partial charge in [0.2, 0.25) is 0 Å². The van der Waals surface area contributed by atoms with E-state index in [1.165, 1.54) is 18.5 Å². The van der Waals surface area contributed by atoms with Gasteiger partial charge in [0.05, 0.1) is 29.1 Å². The number of aromatic amines is 1. The maximum Gasteiger partial charge on any atom is 0.182 e. The molecule has 0 spiro atoms. The van der Waals surface area contributed by atoms with Gasteiger partial charge in [0, 0.05) is 11.1 Å². The Morgan fingerprint density at radius 1 is 1.13 bits per heavy atom. The zero-order chi connectivity index (χ0) is 20.7. The highest BCUT2D eigenvalue weighted by molar-refractivity contribution is 5.90. The van der Waals surface area contributed by atoms with Crippen LogP contribution in [0.4, 0.5) is 10.2 Å². The highest BCUT2D eigenvalue weighted by Crippen LogP contribution is 2.34. The van der Waals surface area contributed by atoms with Gasteiger partial charge >= 0.3 is 0 Å². The van der Waals surface area contributed by atoms with Crippen LogP contribution < -0.4 is 5.32 Å². The van der Waals surface area contributed by atoms with Crippen molar-refractivity contribution in [1.29, 1.82) is 5.26 Å². The van der Waals surface area contributed by atoms with Crippen molar-refractivity contribution < 1.29 is 4.39 Å². The maximum atomic E-state index is 14.0. The van der Waals surface area contributed by atoms with E-state index in [0.717, 1.165) is 16.6 Å². The van der Waals surface area contributed by atoms with Gasteiger partial charge in [-0.05, 0) is 31.2 Å². The van der Waals surface area contributed by atoms with Gasteiger partial charge in [-0.3, -0.25) is 0 Å². The number of anilines is 1. The zero-order valence-electron chi connectivity index (χ0n) is 16.0. The number of H-pyrrole nitrogens is 1. The second-order valence-corrected chi connectivity index (χ2v) is 6.89. The second-order valence-electron chi connectivity index (χ2n) is 6.89. The van der Waals surface area contributed by atoms with Crippen molar-refractivity contribution in [3.63, 3.8) is 0 Å². The molecular formula is C22H16FN7. The molecule has 146 valence electrons. The Kier molecular flexibility index (Phi) is 4.14. The fraction of sp³-hybridized carbons (Fsp3) is 0.0909. The lowest BCUT2D eigenvalue weighted by Crippen LogP contribution is -2.14. The molecule has 30 heavy (non-hydrogen) atoms. The summed E-state index contributed by atoms with van der Waals surface area (Å²) in [7, 11) is 0. The van der Waals surface area contributed by atoms with E-state index in [4.69, 9.17) is 0 Å². The van der Waals surface area contributed by atoms with Gasteiger partial charge < -0.3 is 14.9 Å². The van der Waals surface area contributed by atoms with Crippen LogP contribution in [0.25, 0.3) is 27.8 Å². The first-order valence-corrected chi connectivity index (χ1v) is 9.37. The average molecular weight is 397 g/mol. The van der Waals surface area contributed by atoms with Crippen LogP contribution in [0.2, 0.25) is 0 Å². The third kappa shape index (κ3) is 2.76. The first-order chi connectivity index (χ1) is 14.7. The molecule has 0 radical (unpaired) electrons. The third-order valence-electron chi connectivity index (χ3n) is 5.08. The number of nitrogens with one attached hydrogen (secondary N) is 2. The Balaban J connectivity index is 1.72. The number of hydrogen-bond acceptors (Lipinski definition) is 5. The molecule has 1 atom stereocenters. The predicted molar refractivity (Wildman–Crippen MR) is 112 cm³/mol. The smallest absolute Gasteiger partial charge is 0.182 e. The second kappa shape index (κ2) is 6.97. The first kappa shape index (κ1) is 17.8. The molecule has 0 aliphatic heterocycles. The largest absolute Gasteiger partial charge is 0.360 e. The number of fused-ring (bicyclic) bond motifs is 2. The molecular weight excluding hydrogens is 381 g/mol. The Morgan fingerprint density at radius 3 is 2.83 bits per heavy atom. The van der Waals surface area contributed by atoms with Gasteiger partial charge in [0.25, 0.3) is 0 Å². The molecule has 7 nitrogen and oxygen atoms in total. The number of imidazole rings is 1. The van der Waals surface area contributed by atoms with Gasteiger partial charge in [-0.15, -0.1) is 0 Å². The maximum absolute atomic E-state index is 14.0. The topological polar surface area (TPSA) is 95.2 Å². The molecule has 0 saturated heterocycles. The van der Waals surface area contributed by atoms with Crippen LogP contribution in [0.5, 0.6) is 0 Å². The fourth-order valence-electron chi connectivity index (χ4n) is 3.83. The Morgan fingerprint density at radius 2 is 2.00 bits per heavy atom. The molecule has 3 aromatic heterocycles. The number of aromatic nitrogens is 5. The average Bonchev–Trinajstić information content (AvgIpc) is 3.36. The summed E-state index contributed by atoms with van der Waals surface area (Å²) in [5, 5.41) is 14.1. The highest BCUT2D eigenvalue weighted by atomic mass is 19.1. The number of nitrogens with zero attached hydrogens (tertiary/aromatic N) is 5. The molecule has 8 heteroatoms. The predicted octanol–water partition coefficient (Wildman–Crippen LogP) is 4.48. The van der Waals surface area contributed by atoms with E-state index in [0.29, 0.717) is 28.2 Å². The van der Waals surface area contributed by atoms with Crippen molar-refractivity contribution in [1.82, 2.24) is 24.5 Å². The third-order valence-corrected chi connectivity index (χ3v) is 5.08. The van der Waals surface area contributed by atoms with E-state index in [1.54, 1.807) is 12.4 Å². The normalized spacial score (nSPS) is 12.2. The monoisotopic (exact) mass is 397 g/mol. The number of hydrogen-bond donors (Lipinski definition) is 2. The van der Waals surface area contributed by atoms with Crippen LogP contribution in [0.15, 0.2) is 61.2 Å². The van der Waals surface area contributed by atoms with Gasteiger partial charge in [-0.1, -0.05) is 24.3 Å². The van der Waals surface area contributed by atoms with Gasteiger partial charge in [0.1, 0.15) is 23.7 Å². The Bertz CT molecular complexity index is 1430. The lowest BCUT2D eigenvalue weighted by Gasteiger charge is -2.19. The highest BCUT2D eigenvalue weighted by Gasteiger charge is 2.23. The minimum Gasteiger partial charge on any atom is -0.360 e. The molecule has 3 heterocycles.